The Morgan fingerprint density at radius 1 is 1.53 bits per heavy atom. The van der Waals surface area contributed by atoms with E-state index >= 15 is 0 Å². The summed E-state index contributed by atoms with van der Waals surface area (Å²) in [6.45, 7) is 3.32. The van der Waals surface area contributed by atoms with Gasteiger partial charge in [0, 0.05) is 19.1 Å². The molecule has 17 heavy (non-hydrogen) atoms. The largest absolute Gasteiger partial charge is 0.342 e. The van der Waals surface area contributed by atoms with E-state index in [2.05, 4.69) is 15.3 Å². The Labute approximate surface area is 105 Å². The predicted octanol–water partition coefficient (Wildman–Crippen LogP) is 1.19. The molecule has 3 rings (SSSR count). The van der Waals surface area contributed by atoms with Crippen molar-refractivity contribution < 1.29 is 4.79 Å². The maximum absolute atomic E-state index is 11.9. The van der Waals surface area contributed by atoms with Crippen LogP contribution in [-0.4, -0.2) is 46.4 Å². The van der Waals surface area contributed by atoms with Crippen LogP contribution in [0.2, 0.25) is 5.02 Å². The van der Waals surface area contributed by atoms with Crippen molar-refractivity contribution in [2.75, 3.05) is 19.6 Å². The van der Waals surface area contributed by atoms with Crippen molar-refractivity contribution in [3.63, 3.8) is 0 Å². The van der Waals surface area contributed by atoms with Crippen LogP contribution in [0.25, 0.3) is 0 Å². The summed E-state index contributed by atoms with van der Waals surface area (Å²) in [5.74, 6) is 0.746. The molecule has 1 amide bonds. The summed E-state index contributed by atoms with van der Waals surface area (Å²) < 4.78 is 1.26. The standard InChI is InChI=1S/C11H15ClN4O/c12-9-4-13-16(6-9)11(17)14-10-3-8-1-2-15(5-8)7-10/h4,6,8,10H,1-3,5,7H2,(H,14,17)/t8-,10-/m1/s1. The fourth-order valence-corrected chi connectivity index (χ4v) is 2.95. The Morgan fingerprint density at radius 2 is 2.41 bits per heavy atom. The minimum Gasteiger partial charge on any atom is -0.332 e. The van der Waals surface area contributed by atoms with E-state index in [0.717, 1.165) is 18.9 Å². The summed E-state index contributed by atoms with van der Waals surface area (Å²) in [7, 11) is 0. The van der Waals surface area contributed by atoms with E-state index in [-0.39, 0.29) is 12.1 Å². The fourth-order valence-electron chi connectivity index (χ4n) is 2.82. The van der Waals surface area contributed by atoms with E-state index in [1.54, 1.807) is 0 Å². The monoisotopic (exact) mass is 254 g/mol. The molecule has 0 aromatic carbocycles. The normalized spacial score (nSPS) is 31.5. The molecule has 0 saturated carbocycles. The number of aromatic nitrogens is 2. The molecule has 2 saturated heterocycles. The van der Waals surface area contributed by atoms with Crippen molar-refractivity contribution in [3.8, 4) is 0 Å². The lowest BCUT2D eigenvalue weighted by Gasteiger charge is -2.30. The Bertz CT molecular complexity index is 421. The van der Waals surface area contributed by atoms with Crippen molar-refractivity contribution in [1.29, 1.82) is 0 Å². The summed E-state index contributed by atoms with van der Waals surface area (Å²) in [4.78, 5) is 14.3. The van der Waals surface area contributed by atoms with Gasteiger partial charge in [-0.15, -0.1) is 0 Å². The number of rotatable bonds is 1. The zero-order chi connectivity index (χ0) is 11.8. The molecule has 2 bridgehead atoms. The Balaban J connectivity index is 1.62. The molecule has 1 aromatic heterocycles. The number of piperidine rings is 1. The molecule has 1 unspecified atom stereocenters. The van der Waals surface area contributed by atoms with Crippen LogP contribution < -0.4 is 5.32 Å². The van der Waals surface area contributed by atoms with Crippen molar-refractivity contribution >= 4 is 17.6 Å². The third-order valence-corrected chi connectivity index (χ3v) is 3.75. The molecule has 5 nitrogen and oxygen atoms in total. The summed E-state index contributed by atoms with van der Waals surface area (Å²) in [6, 6.07) is 0.0520. The third-order valence-electron chi connectivity index (χ3n) is 3.55. The second kappa shape index (κ2) is 4.31. The molecular formula is C11H15ClN4O. The highest BCUT2D eigenvalue weighted by Gasteiger charge is 2.33. The number of halogens is 1. The van der Waals surface area contributed by atoms with Crippen LogP contribution in [-0.2, 0) is 0 Å². The SMILES string of the molecule is O=C(N[C@@H]1C[C@H]2CCN(C2)C1)n1cc(Cl)cn1. The molecule has 2 aliphatic heterocycles. The van der Waals surface area contributed by atoms with E-state index in [1.165, 1.54) is 36.6 Å². The maximum atomic E-state index is 11.9. The van der Waals surface area contributed by atoms with Crippen LogP contribution in [0.1, 0.15) is 12.8 Å². The van der Waals surface area contributed by atoms with Gasteiger partial charge in [0.25, 0.3) is 0 Å². The van der Waals surface area contributed by atoms with Crippen LogP contribution in [0.15, 0.2) is 12.4 Å². The molecule has 3 heterocycles. The van der Waals surface area contributed by atoms with E-state index < -0.39 is 0 Å². The average molecular weight is 255 g/mol. The lowest BCUT2D eigenvalue weighted by molar-refractivity contribution is 0.204. The highest BCUT2D eigenvalue weighted by molar-refractivity contribution is 6.30. The second-order valence-electron chi connectivity index (χ2n) is 4.90. The molecule has 92 valence electrons. The first-order valence-corrected chi connectivity index (χ1v) is 6.32. The summed E-state index contributed by atoms with van der Waals surface area (Å²) in [5.41, 5.74) is 0. The van der Waals surface area contributed by atoms with E-state index in [1.807, 2.05) is 0 Å². The van der Waals surface area contributed by atoms with Gasteiger partial charge in [0.2, 0.25) is 0 Å². The first-order valence-electron chi connectivity index (χ1n) is 5.94. The quantitative estimate of drug-likeness (QED) is 0.819. The molecule has 2 aliphatic rings. The minimum absolute atomic E-state index is 0.190. The Hall–Kier alpha value is -1.07. The highest BCUT2D eigenvalue weighted by Crippen LogP contribution is 2.26. The number of carbonyl (C=O) groups excluding carboxylic acids is 1. The number of carbonyl (C=O) groups is 1. The lowest BCUT2D eigenvalue weighted by atomic mass is 9.97. The van der Waals surface area contributed by atoms with Gasteiger partial charge in [0.05, 0.1) is 17.4 Å². The van der Waals surface area contributed by atoms with Gasteiger partial charge in [0.1, 0.15) is 0 Å². The predicted molar refractivity (Wildman–Crippen MR) is 64.1 cm³/mol. The molecule has 3 atom stereocenters. The van der Waals surface area contributed by atoms with E-state index in [9.17, 15) is 4.79 Å². The summed E-state index contributed by atoms with van der Waals surface area (Å²) in [6.07, 6.45) is 5.33. The highest BCUT2D eigenvalue weighted by atomic mass is 35.5. The topological polar surface area (TPSA) is 50.2 Å². The second-order valence-corrected chi connectivity index (χ2v) is 5.34. The van der Waals surface area contributed by atoms with Gasteiger partial charge in [-0.25, -0.2) is 4.79 Å². The number of amides is 1. The van der Waals surface area contributed by atoms with E-state index in [4.69, 9.17) is 11.6 Å². The average Bonchev–Trinajstić information content (AvgIpc) is 2.85. The van der Waals surface area contributed by atoms with Crippen LogP contribution in [0.4, 0.5) is 4.79 Å². The molecule has 2 fully saturated rings. The number of hydrogen-bond acceptors (Lipinski definition) is 3. The zero-order valence-electron chi connectivity index (χ0n) is 9.47. The number of nitrogens with zero attached hydrogens (tertiary/aromatic N) is 3. The summed E-state index contributed by atoms with van der Waals surface area (Å²) >= 11 is 5.73. The van der Waals surface area contributed by atoms with Gasteiger partial charge in [-0.1, -0.05) is 11.6 Å². The summed E-state index contributed by atoms with van der Waals surface area (Å²) in [5, 5.41) is 7.38. The minimum atomic E-state index is -0.190. The van der Waals surface area contributed by atoms with Gasteiger partial charge >= 0.3 is 6.03 Å². The number of fused-ring (bicyclic) bond motifs is 2. The first kappa shape index (κ1) is 11.0. The van der Waals surface area contributed by atoms with Crippen LogP contribution in [0.5, 0.6) is 0 Å². The Morgan fingerprint density at radius 3 is 3.12 bits per heavy atom. The third kappa shape index (κ3) is 2.30. The van der Waals surface area contributed by atoms with Gasteiger partial charge in [-0.3, -0.25) is 0 Å². The molecule has 0 aliphatic carbocycles. The van der Waals surface area contributed by atoms with Crippen molar-refractivity contribution in [1.82, 2.24) is 20.0 Å². The zero-order valence-corrected chi connectivity index (χ0v) is 10.2. The fraction of sp³-hybridized carbons (Fsp3) is 0.636. The maximum Gasteiger partial charge on any atom is 0.342 e. The number of hydrogen-bond donors (Lipinski definition) is 1. The molecule has 6 heteroatoms. The van der Waals surface area contributed by atoms with Gasteiger partial charge < -0.3 is 10.2 Å². The van der Waals surface area contributed by atoms with Crippen molar-refractivity contribution in [2.45, 2.75) is 18.9 Å². The van der Waals surface area contributed by atoms with Gasteiger partial charge in [0.15, 0.2) is 0 Å². The molecule has 1 N–H and O–H groups in total. The first-order chi connectivity index (χ1) is 8.20. The van der Waals surface area contributed by atoms with Crippen LogP contribution in [0, 0.1) is 5.92 Å². The Kier molecular flexibility index (Phi) is 2.80. The van der Waals surface area contributed by atoms with Crippen molar-refractivity contribution in [2.24, 2.45) is 5.92 Å². The molecule has 0 spiro atoms. The van der Waals surface area contributed by atoms with Gasteiger partial charge in [-0.05, 0) is 25.3 Å². The van der Waals surface area contributed by atoms with Crippen LogP contribution in [0.3, 0.4) is 0 Å². The smallest absolute Gasteiger partial charge is 0.332 e. The molecular weight excluding hydrogens is 240 g/mol. The van der Waals surface area contributed by atoms with Crippen molar-refractivity contribution in [3.05, 3.63) is 17.4 Å². The molecule has 0 radical (unpaired) electrons. The number of nitrogens with one attached hydrogen (secondary N) is 1. The van der Waals surface area contributed by atoms with Crippen LogP contribution >= 0.6 is 11.6 Å². The van der Waals surface area contributed by atoms with E-state index in [0.29, 0.717) is 5.02 Å². The van der Waals surface area contributed by atoms with Gasteiger partial charge in [-0.2, -0.15) is 9.78 Å². The lowest BCUT2D eigenvalue weighted by Crippen LogP contribution is -2.48. The molecule has 1 aromatic rings.